The lowest BCUT2D eigenvalue weighted by molar-refractivity contribution is -0.895. The van der Waals surface area contributed by atoms with Crippen molar-refractivity contribution < 1.29 is 15.1 Å². The number of hydrogen-bond donors (Lipinski definition) is 3. The van der Waals surface area contributed by atoms with E-state index >= 15 is 0 Å². The van der Waals surface area contributed by atoms with Crippen molar-refractivity contribution in [1.29, 1.82) is 0 Å². The smallest absolute Gasteiger partial charge is 0.0967 e. The molecule has 0 radical (unpaired) electrons. The summed E-state index contributed by atoms with van der Waals surface area (Å²) in [5, 5.41) is 2.61. The molecule has 1 fully saturated rings. The van der Waals surface area contributed by atoms with Crippen molar-refractivity contribution in [3.63, 3.8) is 0 Å². The Morgan fingerprint density at radius 3 is 2.31 bits per heavy atom. The quantitative estimate of drug-likeness (QED) is 0.462. The van der Waals surface area contributed by atoms with Crippen LogP contribution in [0.25, 0.3) is 0 Å². The molecule has 0 bridgehead atoms. The van der Waals surface area contributed by atoms with Gasteiger partial charge in [-0.1, -0.05) is 0 Å². The molecule has 4 N–H and O–H groups in total. The van der Waals surface area contributed by atoms with E-state index in [1.54, 1.807) is 9.80 Å². The number of quaternary nitrogens is 3. The molecular weight excluding hydrogens is 198 g/mol. The zero-order valence-electron chi connectivity index (χ0n) is 11.9. The summed E-state index contributed by atoms with van der Waals surface area (Å²) in [5.41, 5.74) is 0.467. The van der Waals surface area contributed by atoms with Crippen LogP contribution in [-0.2, 0) is 0 Å². The SMILES string of the molecule is C[NH+](C)CC(C)(C)C[NH2+]C1CC[NH+](C)CC1. The fraction of sp³-hybridized carbons (Fsp3) is 1.00. The molecular formula is C13H32N3+3. The summed E-state index contributed by atoms with van der Waals surface area (Å²) in [6, 6.07) is 0.889. The second-order valence-electron chi connectivity index (χ2n) is 6.78. The van der Waals surface area contributed by atoms with Crippen molar-refractivity contribution in [1.82, 2.24) is 0 Å². The molecule has 1 rings (SSSR count). The molecule has 0 aromatic carbocycles. The van der Waals surface area contributed by atoms with Gasteiger partial charge in [0, 0.05) is 12.8 Å². The van der Waals surface area contributed by atoms with Crippen LogP contribution in [0.15, 0.2) is 0 Å². The van der Waals surface area contributed by atoms with Crippen molar-refractivity contribution >= 4 is 0 Å². The van der Waals surface area contributed by atoms with Gasteiger partial charge >= 0.3 is 0 Å². The monoisotopic (exact) mass is 230 g/mol. The predicted molar refractivity (Wildman–Crippen MR) is 67.9 cm³/mol. The molecule has 1 aliphatic heterocycles. The lowest BCUT2D eigenvalue weighted by atomic mass is 9.92. The molecule has 1 saturated heterocycles. The minimum absolute atomic E-state index is 0.467. The molecule has 0 aromatic rings. The van der Waals surface area contributed by atoms with E-state index in [9.17, 15) is 0 Å². The van der Waals surface area contributed by atoms with Gasteiger partial charge in [-0.15, -0.1) is 0 Å². The van der Waals surface area contributed by atoms with E-state index in [-0.39, 0.29) is 0 Å². The predicted octanol–water partition coefficient (Wildman–Crippen LogP) is -2.60. The van der Waals surface area contributed by atoms with E-state index in [0.29, 0.717) is 5.41 Å². The highest BCUT2D eigenvalue weighted by Gasteiger charge is 2.28. The molecule has 96 valence electrons. The van der Waals surface area contributed by atoms with Crippen molar-refractivity contribution in [3.05, 3.63) is 0 Å². The average Bonchev–Trinajstić information content (AvgIpc) is 2.15. The topological polar surface area (TPSA) is 25.5 Å². The van der Waals surface area contributed by atoms with Gasteiger partial charge in [-0.3, -0.25) is 0 Å². The minimum Gasteiger partial charge on any atom is -0.343 e. The maximum atomic E-state index is 2.61. The van der Waals surface area contributed by atoms with E-state index in [1.165, 1.54) is 39.0 Å². The van der Waals surface area contributed by atoms with E-state index in [1.807, 2.05) is 0 Å². The van der Waals surface area contributed by atoms with E-state index in [2.05, 4.69) is 40.3 Å². The zero-order chi connectivity index (χ0) is 12.2. The summed E-state index contributed by atoms with van der Waals surface area (Å²) in [5.74, 6) is 0. The van der Waals surface area contributed by atoms with Crippen LogP contribution in [0.5, 0.6) is 0 Å². The molecule has 0 amide bonds. The van der Waals surface area contributed by atoms with Crippen LogP contribution < -0.4 is 15.1 Å². The first-order valence-corrected chi connectivity index (χ1v) is 6.83. The highest BCUT2D eigenvalue weighted by Crippen LogP contribution is 2.08. The van der Waals surface area contributed by atoms with Gasteiger partial charge in [0.05, 0.1) is 58.8 Å². The van der Waals surface area contributed by atoms with Crippen LogP contribution in [0.2, 0.25) is 0 Å². The Labute approximate surface area is 101 Å². The Kier molecular flexibility index (Phi) is 5.22. The summed E-state index contributed by atoms with van der Waals surface area (Å²) >= 11 is 0. The molecule has 0 aromatic heterocycles. The third-order valence-electron chi connectivity index (χ3n) is 3.72. The first-order chi connectivity index (χ1) is 7.39. The maximum absolute atomic E-state index is 2.61. The highest BCUT2D eigenvalue weighted by atomic mass is 15.1. The van der Waals surface area contributed by atoms with Crippen molar-refractivity contribution in [2.45, 2.75) is 32.7 Å². The second kappa shape index (κ2) is 5.99. The van der Waals surface area contributed by atoms with Gasteiger partial charge in [0.2, 0.25) is 0 Å². The number of rotatable bonds is 5. The third kappa shape index (κ3) is 5.28. The van der Waals surface area contributed by atoms with Crippen LogP contribution in [0.1, 0.15) is 26.7 Å². The molecule has 1 heterocycles. The molecule has 0 atom stereocenters. The standard InChI is InChI=1S/C13H29N3/c1-13(2,11-15(3)4)10-14-12-6-8-16(5)9-7-12/h12,14H,6-11H2,1-5H3/p+3. The molecule has 0 aliphatic carbocycles. The first-order valence-electron chi connectivity index (χ1n) is 6.83. The number of piperidine rings is 1. The van der Waals surface area contributed by atoms with Gasteiger partial charge in [-0.2, -0.15) is 0 Å². The summed E-state index contributed by atoms with van der Waals surface area (Å²) in [7, 11) is 6.82. The van der Waals surface area contributed by atoms with Crippen LogP contribution >= 0.6 is 0 Å². The van der Waals surface area contributed by atoms with Crippen molar-refractivity contribution in [2.75, 3.05) is 47.3 Å². The summed E-state index contributed by atoms with van der Waals surface area (Å²) in [6.07, 6.45) is 2.80. The van der Waals surface area contributed by atoms with Gasteiger partial charge < -0.3 is 15.1 Å². The molecule has 0 spiro atoms. The van der Waals surface area contributed by atoms with Gasteiger partial charge in [-0.05, 0) is 13.8 Å². The second-order valence-corrected chi connectivity index (χ2v) is 6.78. The van der Waals surface area contributed by atoms with Gasteiger partial charge in [0.25, 0.3) is 0 Å². The Balaban J connectivity index is 2.23. The third-order valence-corrected chi connectivity index (χ3v) is 3.72. The fourth-order valence-electron chi connectivity index (χ4n) is 2.88. The van der Waals surface area contributed by atoms with Crippen molar-refractivity contribution in [3.8, 4) is 0 Å². The average molecular weight is 230 g/mol. The van der Waals surface area contributed by atoms with Crippen LogP contribution in [0, 0.1) is 5.41 Å². The van der Waals surface area contributed by atoms with Crippen molar-refractivity contribution in [2.24, 2.45) is 5.41 Å². The maximum Gasteiger partial charge on any atom is 0.0967 e. The zero-order valence-corrected chi connectivity index (χ0v) is 11.9. The minimum atomic E-state index is 0.467. The molecule has 0 saturated carbocycles. The fourth-order valence-corrected chi connectivity index (χ4v) is 2.88. The van der Waals surface area contributed by atoms with Gasteiger partial charge in [0.1, 0.15) is 0 Å². The van der Waals surface area contributed by atoms with Crippen LogP contribution in [-0.4, -0.2) is 53.4 Å². The van der Waals surface area contributed by atoms with Crippen LogP contribution in [0.3, 0.4) is 0 Å². The molecule has 0 unspecified atom stereocenters. The number of nitrogens with two attached hydrogens (primary N) is 1. The van der Waals surface area contributed by atoms with E-state index in [4.69, 9.17) is 0 Å². The highest BCUT2D eigenvalue weighted by molar-refractivity contribution is 4.65. The Morgan fingerprint density at radius 2 is 1.81 bits per heavy atom. The summed E-state index contributed by atoms with van der Waals surface area (Å²) < 4.78 is 0. The first kappa shape index (κ1) is 13.9. The van der Waals surface area contributed by atoms with E-state index < -0.39 is 0 Å². The number of nitrogens with one attached hydrogen (secondary N) is 2. The number of hydrogen-bond acceptors (Lipinski definition) is 0. The molecule has 16 heavy (non-hydrogen) atoms. The lowest BCUT2D eigenvalue weighted by Crippen LogP contribution is -3.12. The summed E-state index contributed by atoms with van der Waals surface area (Å²) in [4.78, 5) is 3.27. The molecule has 3 nitrogen and oxygen atoms in total. The van der Waals surface area contributed by atoms with Crippen LogP contribution in [0.4, 0.5) is 0 Å². The van der Waals surface area contributed by atoms with Gasteiger partial charge in [-0.25, -0.2) is 0 Å². The number of likely N-dealkylation sites (tertiary alicyclic amines) is 1. The summed E-state index contributed by atoms with van der Waals surface area (Å²) in [6.45, 7) is 10.1. The molecule has 3 heteroatoms. The lowest BCUT2D eigenvalue weighted by Gasteiger charge is -2.29. The largest absolute Gasteiger partial charge is 0.343 e. The Bertz CT molecular complexity index is 193. The molecule has 1 aliphatic rings. The van der Waals surface area contributed by atoms with Gasteiger partial charge in [0.15, 0.2) is 0 Å². The Hall–Kier alpha value is -0.120. The van der Waals surface area contributed by atoms with E-state index in [0.717, 1.165) is 6.04 Å². The Morgan fingerprint density at radius 1 is 1.25 bits per heavy atom. The normalized spacial score (nSPS) is 27.4.